The normalized spacial score (nSPS) is 24.3. The lowest BCUT2D eigenvalue weighted by Gasteiger charge is -2.07. The molecule has 2 N–H and O–H groups in total. The van der Waals surface area contributed by atoms with Crippen LogP contribution in [0.15, 0.2) is 0 Å². The highest BCUT2D eigenvalue weighted by atomic mass is 16.5. The van der Waals surface area contributed by atoms with Crippen molar-refractivity contribution >= 4 is 0 Å². The van der Waals surface area contributed by atoms with E-state index in [2.05, 4.69) is 0 Å². The molecular weight excluding hydrogens is 142 g/mol. The van der Waals surface area contributed by atoms with E-state index in [1.807, 2.05) is 0 Å². The summed E-state index contributed by atoms with van der Waals surface area (Å²) >= 11 is 0. The van der Waals surface area contributed by atoms with E-state index in [0.717, 1.165) is 45.8 Å². The van der Waals surface area contributed by atoms with Gasteiger partial charge in [0.2, 0.25) is 0 Å². The lowest BCUT2D eigenvalue weighted by Crippen LogP contribution is -2.11. The molecule has 1 fully saturated rings. The molecule has 0 amide bonds. The van der Waals surface area contributed by atoms with Crippen LogP contribution in [0.2, 0.25) is 0 Å². The fourth-order valence-corrected chi connectivity index (χ4v) is 1.15. The SMILES string of the molecule is NCCCOCC1CCOC1. The van der Waals surface area contributed by atoms with Gasteiger partial charge in [0.1, 0.15) is 0 Å². The molecule has 1 aliphatic rings. The Kier molecular flexibility index (Phi) is 4.50. The quantitative estimate of drug-likeness (QED) is 0.590. The number of nitrogens with two attached hydrogens (primary N) is 1. The van der Waals surface area contributed by atoms with Crippen LogP contribution in [0, 0.1) is 5.92 Å². The zero-order valence-corrected chi connectivity index (χ0v) is 6.92. The molecule has 1 saturated heterocycles. The molecule has 0 aromatic heterocycles. The molecule has 0 spiro atoms. The van der Waals surface area contributed by atoms with Crippen LogP contribution in [0.4, 0.5) is 0 Å². The Morgan fingerprint density at radius 2 is 2.45 bits per heavy atom. The summed E-state index contributed by atoms with van der Waals surface area (Å²) in [7, 11) is 0. The molecule has 0 bridgehead atoms. The van der Waals surface area contributed by atoms with Crippen LogP contribution in [0.1, 0.15) is 12.8 Å². The maximum absolute atomic E-state index is 5.40. The van der Waals surface area contributed by atoms with Gasteiger partial charge in [-0.25, -0.2) is 0 Å². The van der Waals surface area contributed by atoms with E-state index in [1.54, 1.807) is 0 Å². The van der Waals surface area contributed by atoms with Gasteiger partial charge in [-0.3, -0.25) is 0 Å². The maximum atomic E-state index is 5.40. The Morgan fingerprint density at radius 3 is 3.09 bits per heavy atom. The van der Waals surface area contributed by atoms with Crippen LogP contribution in [0.5, 0.6) is 0 Å². The van der Waals surface area contributed by atoms with Crippen LogP contribution in [-0.2, 0) is 9.47 Å². The van der Waals surface area contributed by atoms with Crippen molar-refractivity contribution in [1.82, 2.24) is 0 Å². The Hall–Kier alpha value is -0.120. The third kappa shape index (κ3) is 3.70. The fourth-order valence-electron chi connectivity index (χ4n) is 1.15. The Labute approximate surface area is 67.9 Å². The molecule has 0 aliphatic carbocycles. The summed E-state index contributed by atoms with van der Waals surface area (Å²) < 4.78 is 10.6. The standard InChI is InChI=1S/C8H17NO2/c9-3-1-4-10-6-8-2-5-11-7-8/h8H,1-7,9H2. The van der Waals surface area contributed by atoms with Gasteiger partial charge in [0.25, 0.3) is 0 Å². The van der Waals surface area contributed by atoms with Gasteiger partial charge >= 0.3 is 0 Å². The molecule has 1 aliphatic heterocycles. The highest BCUT2D eigenvalue weighted by Crippen LogP contribution is 2.11. The zero-order chi connectivity index (χ0) is 7.94. The number of ether oxygens (including phenoxy) is 2. The summed E-state index contributed by atoms with van der Waals surface area (Å²) in [5, 5.41) is 0. The molecule has 0 aromatic rings. The summed E-state index contributed by atoms with van der Waals surface area (Å²) in [5.41, 5.74) is 5.32. The third-order valence-corrected chi connectivity index (χ3v) is 1.87. The number of rotatable bonds is 5. The summed E-state index contributed by atoms with van der Waals surface area (Å²) in [6.07, 6.45) is 2.12. The lowest BCUT2D eigenvalue weighted by molar-refractivity contribution is 0.0893. The maximum Gasteiger partial charge on any atom is 0.0517 e. The van der Waals surface area contributed by atoms with Crippen LogP contribution in [0.3, 0.4) is 0 Å². The minimum atomic E-state index is 0.632. The molecule has 1 unspecified atom stereocenters. The van der Waals surface area contributed by atoms with Gasteiger partial charge in [-0.05, 0) is 19.4 Å². The van der Waals surface area contributed by atoms with E-state index < -0.39 is 0 Å². The second-order valence-corrected chi connectivity index (χ2v) is 2.95. The number of hydrogen-bond acceptors (Lipinski definition) is 3. The first kappa shape index (κ1) is 8.97. The number of hydrogen-bond donors (Lipinski definition) is 1. The Bertz CT molecular complexity index is 92.1. The van der Waals surface area contributed by atoms with Gasteiger partial charge in [-0.1, -0.05) is 0 Å². The van der Waals surface area contributed by atoms with Crippen molar-refractivity contribution < 1.29 is 9.47 Å². The van der Waals surface area contributed by atoms with Gasteiger partial charge in [0.15, 0.2) is 0 Å². The van der Waals surface area contributed by atoms with Crippen molar-refractivity contribution in [2.75, 3.05) is 33.0 Å². The van der Waals surface area contributed by atoms with Crippen molar-refractivity contribution in [3.63, 3.8) is 0 Å². The molecule has 1 atom stereocenters. The van der Waals surface area contributed by atoms with Gasteiger partial charge in [-0.15, -0.1) is 0 Å². The Balaban J connectivity index is 1.86. The second-order valence-electron chi connectivity index (χ2n) is 2.95. The molecule has 11 heavy (non-hydrogen) atoms. The average molecular weight is 159 g/mol. The monoisotopic (exact) mass is 159 g/mol. The zero-order valence-electron chi connectivity index (χ0n) is 6.92. The Morgan fingerprint density at radius 1 is 1.55 bits per heavy atom. The molecular formula is C8H17NO2. The summed E-state index contributed by atoms with van der Waals surface area (Å²) in [5.74, 6) is 0.632. The highest BCUT2D eigenvalue weighted by molar-refractivity contribution is 4.62. The summed E-state index contributed by atoms with van der Waals surface area (Å²) in [6, 6.07) is 0. The van der Waals surface area contributed by atoms with Crippen molar-refractivity contribution in [2.45, 2.75) is 12.8 Å². The predicted octanol–water partition coefficient (Wildman–Crippen LogP) is 0.388. The van der Waals surface area contributed by atoms with Crippen molar-refractivity contribution in [1.29, 1.82) is 0 Å². The largest absolute Gasteiger partial charge is 0.381 e. The first-order valence-corrected chi connectivity index (χ1v) is 4.29. The van der Waals surface area contributed by atoms with E-state index in [1.165, 1.54) is 0 Å². The summed E-state index contributed by atoms with van der Waals surface area (Å²) in [6.45, 7) is 4.15. The van der Waals surface area contributed by atoms with Gasteiger partial charge in [0, 0.05) is 19.1 Å². The fraction of sp³-hybridized carbons (Fsp3) is 1.00. The van der Waals surface area contributed by atoms with Crippen molar-refractivity contribution in [3.8, 4) is 0 Å². The van der Waals surface area contributed by atoms with Crippen LogP contribution in [0.25, 0.3) is 0 Å². The van der Waals surface area contributed by atoms with E-state index in [4.69, 9.17) is 15.2 Å². The van der Waals surface area contributed by atoms with Crippen LogP contribution >= 0.6 is 0 Å². The topological polar surface area (TPSA) is 44.5 Å². The van der Waals surface area contributed by atoms with E-state index >= 15 is 0 Å². The highest BCUT2D eigenvalue weighted by Gasteiger charge is 2.14. The molecule has 0 saturated carbocycles. The average Bonchev–Trinajstić information content (AvgIpc) is 2.50. The molecule has 1 rings (SSSR count). The van der Waals surface area contributed by atoms with E-state index in [0.29, 0.717) is 5.92 Å². The molecule has 0 aromatic carbocycles. The van der Waals surface area contributed by atoms with Crippen LogP contribution < -0.4 is 5.73 Å². The molecule has 66 valence electrons. The predicted molar refractivity (Wildman–Crippen MR) is 43.4 cm³/mol. The first-order valence-electron chi connectivity index (χ1n) is 4.29. The summed E-state index contributed by atoms with van der Waals surface area (Å²) in [4.78, 5) is 0. The van der Waals surface area contributed by atoms with E-state index in [-0.39, 0.29) is 0 Å². The molecule has 1 heterocycles. The smallest absolute Gasteiger partial charge is 0.0517 e. The lowest BCUT2D eigenvalue weighted by atomic mass is 10.1. The van der Waals surface area contributed by atoms with E-state index in [9.17, 15) is 0 Å². The molecule has 0 radical (unpaired) electrons. The van der Waals surface area contributed by atoms with Crippen LogP contribution in [-0.4, -0.2) is 33.0 Å². The minimum Gasteiger partial charge on any atom is -0.381 e. The van der Waals surface area contributed by atoms with Crippen molar-refractivity contribution in [3.05, 3.63) is 0 Å². The van der Waals surface area contributed by atoms with Gasteiger partial charge < -0.3 is 15.2 Å². The second kappa shape index (κ2) is 5.52. The minimum absolute atomic E-state index is 0.632. The first-order chi connectivity index (χ1) is 5.43. The van der Waals surface area contributed by atoms with Gasteiger partial charge in [0.05, 0.1) is 13.2 Å². The molecule has 3 heteroatoms. The van der Waals surface area contributed by atoms with Gasteiger partial charge in [-0.2, -0.15) is 0 Å². The third-order valence-electron chi connectivity index (χ3n) is 1.87. The molecule has 3 nitrogen and oxygen atoms in total. The van der Waals surface area contributed by atoms with Crippen molar-refractivity contribution in [2.24, 2.45) is 11.7 Å².